The number of carbonyl (C=O) groups excluding carboxylic acids is 2. The van der Waals surface area contributed by atoms with Crippen molar-refractivity contribution in [2.45, 2.75) is 6.54 Å². The van der Waals surface area contributed by atoms with Gasteiger partial charge in [-0.2, -0.15) is 0 Å². The number of pyridine rings is 1. The molecule has 3 rings (SSSR count). The van der Waals surface area contributed by atoms with Gasteiger partial charge in [0.2, 0.25) is 0 Å². The van der Waals surface area contributed by atoms with Crippen molar-refractivity contribution in [2.75, 3.05) is 7.05 Å². The van der Waals surface area contributed by atoms with Crippen molar-refractivity contribution in [3.05, 3.63) is 65.5 Å². The molecule has 2 amide bonds. The smallest absolute Gasteiger partial charge is 0.270 e. The molecule has 0 aliphatic carbocycles. The minimum atomic E-state index is -0.251. The number of fused-ring (bicyclic) bond motifs is 1. The van der Waals surface area contributed by atoms with Gasteiger partial charge in [0.1, 0.15) is 5.69 Å². The maximum Gasteiger partial charge on any atom is 0.270 e. The predicted molar refractivity (Wildman–Crippen MR) is 87.1 cm³/mol. The van der Waals surface area contributed by atoms with Crippen molar-refractivity contribution in [3.8, 4) is 0 Å². The Hall–Kier alpha value is -3.15. The number of hydrogen-bond donors (Lipinski definition) is 3. The van der Waals surface area contributed by atoms with E-state index in [-0.39, 0.29) is 11.8 Å². The van der Waals surface area contributed by atoms with E-state index in [4.69, 9.17) is 0 Å². The number of nitrogens with one attached hydrogen (secondary N) is 3. The second-order valence-corrected chi connectivity index (χ2v) is 5.07. The lowest BCUT2D eigenvalue weighted by Crippen LogP contribution is -2.24. The molecule has 3 N–H and O–H groups in total. The second kappa shape index (κ2) is 6.31. The number of aromatic nitrogens is 2. The fourth-order valence-electron chi connectivity index (χ4n) is 2.30. The van der Waals surface area contributed by atoms with Crippen LogP contribution in [0.2, 0.25) is 0 Å². The van der Waals surface area contributed by atoms with Crippen molar-refractivity contribution < 1.29 is 9.59 Å². The Morgan fingerprint density at radius 1 is 1.13 bits per heavy atom. The molecule has 0 atom stereocenters. The first-order chi connectivity index (χ1) is 11.2. The van der Waals surface area contributed by atoms with E-state index < -0.39 is 0 Å². The number of aromatic amines is 1. The predicted octanol–water partition coefficient (Wildman–Crippen LogP) is 1.85. The third kappa shape index (κ3) is 3.21. The Morgan fingerprint density at radius 3 is 2.83 bits per heavy atom. The molecule has 3 aromatic rings. The summed E-state index contributed by atoms with van der Waals surface area (Å²) in [5, 5.41) is 5.39. The van der Waals surface area contributed by atoms with Crippen LogP contribution in [-0.4, -0.2) is 28.8 Å². The molecule has 0 fully saturated rings. The molecule has 1 aromatic carbocycles. The molecule has 0 radical (unpaired) electrons. The van der Waals surface area contributed by atoms with Crippen molar-refractivity contribution in [1.29, 1.82) is 0 Å². The quantitative estimate of drug-likeness (QED) is 0.687. The van der Waals surface area contributed by atoms with E-state index in [2.05, 4.69) is 20.6 Å². The SMILES string of the molecule is CNC(=O)c1cccc(CNC(=O)c2ccc3[nH]ccc3n2)c1. The maximum atomic E-state index is 12.2. The van der Waals surface area contributed by atoms with E-state index >= 15 is 0 Å². The van der Waals surface area contributed by atoms with Gasteiger partial charge in [-0.15, -0.1) is 0 Å². The lowest BCUT2D eigenvalue weighted by atomic mass is 10.1. The van der Waals surface area contributed by atoms with Gasteiger partial charge in [0.05, 0.1) is 11.0 Å². The zero-order valence-electron chi connectivity index (χ0n) is 12.6. The summed E-state index contributed by atoms with van der Waals surface area (Å²) >= 11 is 0. The fourth-order valence-corrected chi connectivity index (χ4v) is 2.30. The van der Waals surface area contributed by atoms with Crippen molar-refractivity contribution in [2.24, 2.45) is 0 Å². The highest BCUT2D eigenvalue weighted by atomic mass is 16.2. The Labute approximate surface area is 132 Å². The van der Waals surface area contributed by atoms with Crippen LogP contribution < -0.4 is 10.6 Å². The summed E-state index contributed by atoms with van der Waals surface area (Å²) < 4.78 is 0. The van der Waals surface area contributed by atoms with Crippen LogP contribution in [0.15, 0.2) is 48.7 Å². The van der Waals surface area contributed by atoms with Gasteiger partial charge in [0.25, 0.3) is 11.8 Å². The molecule has 6 nitrogen and oxygen atoms in total. The number of carbonyl (C=O) groups is 2. The van der Waals surface area contributed by atoms with Gasteiger partial charge >= 0.3 is 0 Å². The molecule has 0 aliphatic rings. The molecular weight excluding hydrogens is 292 g/mol. The molecule has 2 heterocycles. The highest BCUT2D eigenvalue weighted by Gasteiger charge is 2.09. The summed E-state index contributed by atoms with van der Waals surface area (Å²) in [7, 11) is 1.58. The highest BCUT2D eigenvalue weighted by Crippen LogP contribution is 2.10. The lowest BCUT2D eigenvalue weighted by Gasteiger charge is -2.07. The van der Waals surface area contributed by atoms with Crippen molar-refractivity contribution in [3.63, 3.8) is 0 Å². The number of benzene rings is 1. The van der Waals surface area contributed by atoms with E-state index in [1.807, 2.05) is 18.2 Å². The number of amides is 2. The van der Waals surface area contributed by atoms with E-state index in [0.29, 0.717) is 17.8 Å². The first-order valence-corrected chi connectivity index (χ1v) is 7.21. The molecule has 0 bridgehead atoms. The Balaban J connectivity index is 1.70. The van der Waals surface area contributed by atoms with Gasteiger partial charge in [-0.3, -0.25) is 9.59 Å². The minimum absolute atomic E-state index is 0.155. The van der Waals surface area contributed by atoms with Gasteiger partial charge in [0.15, 0.2) is 0 Å². The van der Waals surface area contributed by atoms with Crippen LogP contribution in [0.1, 0.15) is 26.4 Å². The van der Waals surface area contributed by atoms with Crippen LogP contribution in [0, 0.1) is 0 Å². The zero-order valence-corrected chi connectivity index (χ0v) is 12.6. The molecule has 0 unspecified atom stereocenters. The molecule has 0 aliphatic heterocycles. The molecule has 0 saturated heterocycles. The van der Waals surface area contributed by atoms with E-state index in [1.165, 1.54) is 0 Å². The summed E-state index contributed by atoms with van der Waals surface area (Å²) in [5.41, 5.74) is 3.41. The van der Waals surface area contributed by atoms with Crippen LogP contribution in [0.5, 0.6) is 0 Å². The monoisotopic (exact) mass is 308 g/mol. The molecule has 0 saturated carbocycles. The average Bonchev–Trinajstić information content (AvgIpc) is 3.06. The molecule has 116 valence electrons. The van der Waals surface area contributed by atoms with Crippen LogP contribution in [0.3, 0.4) is 0 Å². The maximum absolute atomic E-state index is 12.2. The third-order valence-corrected chi connectivity index (χ3v) is 3.51. The number of nitrogens with zero attached hydrogens (tertiary/aromatic N) is 1. The van der Waals surface area contributed by atoms with E-state index in [1.54, 1.807) is 37.5 Å². The summed E-state index contributed by atoms with van der Waals surface area (Å²) in [6.45, 7) is 0.330. The second-order valence-electron chi connectivity index (χ2n) is 5.07. The first-order valence-electron chi connectivity index (χ1n) is 7.21. The summed E-state index contributed by atoms with van der Waals surface area (Å²) in [6, 6.07) is 12.4. The Kier molecular flexibility index (Phi) is 4.05. The lowest BCUT2D eigenvalue weighted by molar-refractivity contribution is 0.0944. The summed E-state index contributed by atoms with van der Waals surface area (Å²) in [4.78, 5) is 31.1. The fraction of sp³-hybridized carbons (Fsp3) is 0.118. The molecular formula is C17H16N4O2. The van der Waals surface area contributed by atoms with Crippen molar-refractivity contribution in [1.82, 2.24) is 20.6 Å². The minimum Gasteiger partial charge on any atom is -0.360 e. The zero-order chi connectivity index (χ0) is 16.2. The molecule has 6 heteroatoms. The van der Waals surface area contributed by atoms with Gasteiger partial charge in [-0.05, 0) is 35.9 Å². The Bertz CT molecular complexity index is 870. The van der Waals surface area contributed by atoms with Crippen LogP contribution in [0.25, 0.3) is 11.0 Å². The molecule has 2 aromatic heterocycles. The van der Waals surface area contributed by atoms with E-state index in [9.17, 15) is 9.59 Å². The average molecular weight is 308 g/mol. The summed E-state index contributed by atoms with van der Waals surface area (Å²) in [6.07, 6.45) is 1.78. The Morgan fingerprint density at radius 2 is 2.00 bits per heavy atom. The van der Waals surface area contributed by atoms with Gasteiger partial charge in [-0.1, -0.05) is 12.1 Å². The van der Waals surface area contributed by atoms with Crippen LogP contribution >= 0.6 is 0 Å². The van der Waals surface area contributed by atoms with Gasteiger partial charge in [-0.25, -0.2) is 4.98 Å². The van der Waals surface area contributed by atoms with Gasteiger partial charge < -0.3 is 15.6 Å². The standard InChI is InChI=1S/C17H16N4O2/c1-18-16(22)12-4-2-3-11(9-12)10-20-17(23)15-6-5-13-14(21-15)7-8-19-13/h2-9,19H,10H2,1H3,(H,18,22)(H,20,23). The molecule has 23 heavy (non-hydrogen) atoms. The van der Waals surface area contributed by atoms with E-state index in [0.717, 1.165) is 16.6 Å². The topological polar surface area (TPSA) is 86.9 Å². The normalized spacial score (nSPS) is 10.5. The van der Waals surface area contributed by atoms with Crippen LogP contribution in [0.4, 0.5) is 0 Å². The van der Waals surface area contributed by atoms with Crippen molar-refractivity contribution >= 4 is 22.8 Å². The largest absolute Gasteiger partial charge is 0.360 e. The third-order valence-electron chi connectivity index (χ3n) is 3.51. The van der Waals surface area contributed by atoms with Crippen LogP contribution in [-0.2, 0) is 6.54 Å². The summed E-state index contributed by atoms with van der Waals surface area (Å²) in [5.74, 6) is -0.406. The first kappa shape index (κ1) is 14.8. The highest BCUT2D eigenvalue weighted by molar-refractivity contribution is 5.95. The number of H-pyrrole nitrogens is 1. The number of rotatable bonds is 4. The van der Waals surface area contributed by atoms with Gasteiger partial charge in [0, 0.05) is 25.4 Å². The molecule has 0 spiro atoms. The number of hydrogen-bond acceptors (Lipinski definition) is 3.